The Morgan fingerprint density at radius 2 is 2.09 bits per heavy atom. The number of hydrogen-bond donors (Lipinski definition) is 1. The highest BCUT2D eigenvalue weighted by Gasteiger charge is 2.09. The van der Waals surface area contributed by atoms with Gasteiger partial charge in [0.15, 0.2) is 0 Å². The first-order valence-electron chi connectivity index (χ1n) is 7.12. The van der Waals surface area contributed by atoms with E-state index in [1.54, 1.807) is 29.7 Å². The predicted octanol–water partition coefficient (Wildman–Crippen LogP) is 4.64. The number of non-ortho nitro benzene ring substituents is 1. The Bertz CT molecular complexity index is 831. The monoisotopic (exact) mass is 325 g/mol. The number of aryl methyl sites for hydroxylation is 1. The maximum Gasteiger partial charge on any atom is 0.269 e. The number of pyridine rings is 1. The lowest BCUT2D eigenvalue weighted by Crippen LogP contribution is -2.00. The van der Waals surface area contributed by atoms with Crippen LogP contribution in [0.15, 0.2) is 54.7 Å². The number of nitro benzene ring substituents is 1. The third-order valence-corrected chi connectivity index (χ3v) is 4.51. The second-order valence-corrected chi connectivity index (χ2v) is 6.33. The molecule has 0 atom stereocenters. The van der Waals surface area contributed by atoms with E-state index in [1.807, 2.05) is 31.2 Å². The van der Waals surface area contributed by atoms with E-state index in [1.165, 1.54) is 6.07 Å². The zero-order valence-electron chi connectivity index (χ0n) is 12.5. The van der Waals surface area contributed by atoms with E-state index >= 15 is 0 Å². The first-order chi connectivity index (χ1) is 11.1. The molecule has 6 heteroatoms. The summed E-state index contributed by atoms with van der Waals surface area (Å²) in [5.41, 5.74) is 2.97. The lowest BCUT2D eigenvalue weighted by Gasteiger charge is -2.05. The van der Waals surface area contributed by atoms with Crippen LogP contribution in [-0.2, 0) is 6.54 Å². The van der Waals surface area contributed by atoms with Crippen molar-refractivity contribution in [3.8, 4) is 10.6 Å². The minimum absolute atomic E-state index is 0.112. The molecule has 23 heavy (non-hydrogen) atoms. The molecule has 116 valence electrons. The van der Waals surface area contributed by atoms with Crippen LogP contribution in [0.1, 0.15) is 10.4 Å². The Balaban J connectivity index is 1.75. The summed E-state index contributed by atoms with van der Waals surface area (Å²) in [7, 11) is 0. The van der Waals surface area contributed by atoms with E-state index < -0.39 is 0 Å². The van der Waals surface area contributed by atoms with Crippen LogP contribution < -0.4 is 5.32 Å². The number of thiophene rings is 1. The van der Waals surface area contributed by atoms with E-state index in [0.717, 1.165) is 26.7 Å². The SMILES string of the molecule is Cc1sc(-c2ccccn2)cc1NCc1cccc([N+](=O)[O-])c1. The van der Waals surface area contributed by atoms with E-state index in [4.69, 9.17) is 0 Å². The maximum atomic E-state index is 10.8. The third-order valence-electron chi connectivity index (χ3n) is 3.44. The van der Waals surface area contributed by atoms with E-state index in [-0.39, 0.29) is 10.6 Å². The molecule has 2 heterocycles. The van der Waals surface area contributed by atoms with Crippen molar-refractivity contribution < 1.29 is 4.92 Å². The molecule has 0 aliphatic heterocycles. The summed E-state index contributed by atoms with van der Waals surface area (Å²) in [4.78, 5) is 17.1. The van der Waals surface area contributed by atoms with E-state index in [0.29, 0.717) is 6.54 Å². The molecule has 0 unspecified atom stereocenters. The van der Waals surface area contributed by atoms with Gasteiger partial charge in [-0.15, -0.1) is 11.3 Å². The summed E-state index contributed by atoms with van der Waals surface area (Å²) in [5.74, 6) is 0. The van der Waals surface area contributed by atoms with Crippen LogP contribution in [0.4, 0.5) is 11.4 Å². The van der Waals surface area contributed by atoms with Crippen molar-refractivity contribution in [1.82, 2.24) is 4.98 Å². The molecule has 0 fully saturated rings. The van der Waals surface area contributed by atoms with Gasteiger partial charge in [-0.2, -0.15) is 0 Å². The average Bonchev–Trinajstić information content (AvgIpc) is 2.95. The molecule has 0 saturated heterocycles. The molecule has 5 nitrogen and oxygen atoms in total. The molecule has 0 spiro atoms. The molecule has 0 radical (unpaired) electrons. The van der Waals surface area contributed by atoms with Crippen LogP contribution >= 0.6 is 11.3 Å². The first-order valence-corrected chi connectivity index (χ1v) is 7.94. The fraction of sp³-hybridized carbons (Fsp3) is 0.118. The van der Waals surface area contributed by atoms with Gasteiger partial charge in [0.05, 0.1) is 15.5 Å². The molecule has 0 aliphatic rings. The summed E-state index contributed by atoms with van der Waals surface area (Å²) in [6, 6.07) is 14.6. The number of anilines is 1. The molecule has 0 amide bonds. The van der Waals surface area contributed by atoms with E-state index in [2.05, 4.69) is 16.4 Å². The molecule has 3 aromatic rings. The molecular formula is C17H15N3O2S. The number of rotatable bonds is 5. The minimum atomic E-state index is -0.376. The Kier molecular flexibility index (Phi) is 4.34. The Morgan fingerprint density at radius 1 is 1.22 bits per heavy atom. The molecule has 0 aliphatic carbocycles. The largest absolute Gasteiger partial charge is 0.380 e. The van der Waals surface area contributed by atoms with Gasteiger partial charge in [0.25, 0.3) is 5.69 Å². The fourth-order valence-corrected chi connectivity index (χ4v) is 3.24. The quantitative estimate of drug-likeness (QED) is 0.548. The topological polar surface area (TPSA) is 68.1 Å². The Morgan fingerprint density at radius 3 is 2.83 bits per heavy atom. The zero-order valence-corrected chi connectivity index (χ0v) is 13.3. The van der Waals surface area contributed by atoms with Crippen LogP contribution in [-0.4, -0.2) is 9.91 Å². The summed E-state index contributed by atoms with van der Waals surface area (Å²) < 4.78 is 0. The highest BCUT2D eigenvalue weighted by Crippen LogP contribution is 2.33. The van der Waals surface area contributed by atoms with Gasteiger partial charge in [0.2, 0.25) is 0 Å². The van der Waals surface area contributed by atoms with Crippen molar-refractivity contribution in [3.05, 3.63) is 75.3 Å². The molecule has 0 saturated carbocycles. The van der Waals surface area contributed by atoms with Crippen LogP contribution in [0.5, 0.6) is 0 Å². The van der Waals surface area contributed by atoms with Gasteiger partial charge in [-0.05, 0) is 30.7 Å². The number of nitrogens with one attached hydrogen (secondary N) is 1. The van der Waals surface area contributed by atoms with Crippen molar-refractivity contribution >= 4 is 22.7 Å². The lowest BCUT2D eigenvalue weighted by molar-refractivity contribution is -0.384. The second-order valence-electron chi connectivity index (χ2n) is 5.08. The van der Waals surface area contributed by atoms with Crippen molar-refractivity contribution in [1.29, 1.82) is 0 Å². The summed E-state index contributed by atoms with van der Waals surface area (Å²) in [6.07, 6.45) is 1.78. The van der Waals surface area contributed by atoms with Crippen LogP contribution in [0, 0.1) is 17.0 Å². The number of hydrogen-bond acceptors (Lipinski definition) is 5. The van der Waals surface area contributed by atoms with Gasteiger partial charge < -0.3 is 5.32 Å². The van der Waals surface area contributed by atoms with Crippen molar-refractivity contribution in [2.24, 2.45) is 0 Å². The highest BCUT2D eigenvalue weighted by molar-refractivity contribution is 7.16. The van der Waals surface area contributed by atoms with Crippen LogP contribution in [0.2, 0.25) is 0 Å². The Hall–Kier alpha value is -2.73. The van der Waals surface area contributed by atoms with E-state index in [9.17, 15) is 10.1 Å². The minimum Gasteiger partial charge on any atom is -0.380 e. The molecule has 0 bridgehead atoms. The van der Waals surface area contributed by atoms with Gasteiger partial charge in [0, 0.05) is 35.4 Å². The molecule has 1 N–H and O–H groups in total. The Labute approximate surface area is 137 Å². The normalized spacial score (nSPS) is 10.5. The van der Waals surface area contributed by atoms with Gasteiger partial charge in [0.1, 0.15) is 0 Å². The number of nitro groups is 1. The lowest BCUT2D eigenvalue weighted by atomic mass is 10.2. The highest BCUT2D eigenvalue weighted by atomic mass is 32.1. The van der Waals surface area contributed by atoms with Gasteiger partial charge in [-0.3, -0.25) is 15.1 Å². The predicted molar refractivity (Wildman–Crippen MR) is 92.7 cm³/mol. The van der Waals surface area contributed by atoms with Crippen molar-refractivity contribution in [3.63, 3.8) is 0 Å². The molecule has 2 aromatic heterocycles. The van der Waals surface area contributed by atoms with Crippen molar-refractivity contribution in [2.75, 3.05) is 5.32 Å². The zero-order chi connectivity index (χ0) is 16.2. The second kappa shape index (κ2) is 6.58. The van der Waals surface area contributed by atoms with Crippen LogP contribution in [0.3, 0.4) is 0 Å². The summed E-state index contributed by atoms with van der Waals surface area (Å²) >= 11 is 1.68. The van der Waals surface area contributed by atoms with Gasteiger partial charge >= 0.3 is 0 Å². The molecule has 3 rings (SSSR count). The fourth-order valence-electron chi connectivity index (χ4n) is 2.27. The number of aromatic nitrogens is 1. The van der Waals surface area contributed by atoms with Gasteiger partial charge in [-0.25, -0.2) is 0 Å². The average molecular weight is 325 g/mol. The maximum absolute atomic E-state index is 10.8. The summed E-state index contributed by atoms with van der Waals surface area (Å²) in [5, 5.41) is 14.2. The number of benzene rings is 1. The van der Waals surface area contributed by atoms with Crippen molar-refractivity contribution in [2.45, 2.75) is 13.5 Å². The smallest absolute Gasteiger partial charge is 0.269 e. The first kappa shape index (κ1) is 15.2. The standard InChI is InChI=1S/C17H15N3O2S/c1-12-16(10-17(23-12)15-7-2-3-8-18-15)19-11-13-5-4-6-14(9-13)20(21)22/h2-10,19H,11H2,1H3. The van der Waals surface area contributed by atoms with Crippen LogP contribution in [0.25, 0.3) is 10.6 Å². The molecular weight excluding hydrogens is 310 g/mol. The third kappa shape index (κ3) is 3.54. The van der Waals surface area contributed by atoms with Gasteiger partial charge in [-0.1, -0.05) is 18.2 Å². The summed E-state index contributed by atoms with van der Waals surface area (Å²) in [6.45, 7) is 2.59. The molecule has 1 aromatic carbocycles. The number of nitrogens with zero attached hydrogens (tertiary/aromatic N) is 2.